The van der Waals surface area contributed by atoms with E-state index >= 15 is 0 Å². The molecule has 4 rings (SSSR count). The summed E-state index contributed by atoms with van der Waals surface area (Å²) in [5.74, 6) is -3.85. The fourth-order valence-corrected chi connectivity index (χ4v) is 7.18. The van der Waals surface area contributed by atoms with E-state index in [1.807, 2.05) is 0 Å². The molecule has 8 nitrogen and oxygen atoms in total. The van der Waals surface area contributed by atoms with Gasteiger partial charge in [0.15, 0.2) is 5.75 Å². The largest absolute Gasteiger partial charge is 0.480 e. The number of β-lactam (4-membered cyclic amide) rings is 1. The molecule has 37 heavy (non-hydrogen) atoms. The summed E-state index contributed by atoms with van der Waals surface area (Å²) in [7, 11) is 0. The lowest BCUT2D eigenvalue weighted by Crippen LogP contribution is -2.71. The SMILES string of the molecule is CC1(C)S[C@@H]2C(N(C(=O)CC(=O)Oc3c(Cl)c(Cl)c(Cl)c(Cl)c3Cl)c3ccccc3)C(=O)N2C1C(=O)O. The van der Waals surface area contributed by atoms with Gasteiger partial charge in [-0.05, 0) is 26.0 Å². The number of nitrogens with zero attached hydrogens (tertiary/aromatic N) is 2. The van der Waals surface area contributed by atoms with E-state index in [-0.39, 0.29) is 30.9 Å². The Morgan fingerprint density at radius 1 is 1.00 bits per heavy atom. The van der Waals surface area contributed by atoms with Crippen LogP contribution in [0.2, 0.25) is 25.1 Å². The van der Waals surface area contributed by atoms with Crippen LogP contribution in [0.3, 0.4) is 0 Å². The Morgan fingerprint density at radius 3 is 2.08 bits per heavy atom. The maximum Gasteiger partial charge on any atom is 0.327 e. The van der Waals surface area contributed by atoms with E-state index in [4.69, 9.17) is 62.7 Å². The molecule has 2 aliphatic heterocycles. The van der Waals surface area contributed by atoms with Gasteiger partial charge in [-0.1, -0.05) is 76.2 Å². The van der Waals surface area contributed by atoms with Crippen molar-refractivity contribution in [3.8, 4) is 5.75 Å². The summed E-state index contributed by atoms with van der Waals surface area (Å²) >= 11 is 31.5. The molecule has 0 spiro atoms. The van der Waals surface area contributed by atoms with E-state index < -0.39 is 52.4 Å². The Kier molecular flexibility index (Phi) is 7.87. The van der Waals surface area contributed by atoms with Crippen molar-refractivity contribution in [3.05, 3.63) is 55.4 Å². The minimum Gasteiger partial charge on any atom is -0.480 e. The van der Waals surface area contributed by atoms with Crippen LogP contribution >= 0.6 is 69.8 Å². The first kappa shape index (κ1) is 28.1. The highest BCUT2D eigenvalue weighted by molar-refractivity contribution is 8.01. The number of esters is 1. The molecule has 2 unspecified atom stereocenters. The summed E-state index contributed by atoms with van der Waals surface area (Å²) in [5, 5.41) is 8.04. The quantitative estimate of drug-likeness (QED) is 0.108. The van der Waals surface area contributed by atoms with E-state index in [9.17, 15) is 24.3 Å². The number of hydrogen-bond donors (Lipinski definition) is 1. The number of thioether (sulfide) groups is 1. The van der Waals surface area contributed by atoms with E-state index in [1.54, 1.807) is 44.2 Å². The van der Waals surface area contributed by atoms with Crippen LogP contribution in [0.5, 0.6) is 5.75 Å². The maximum atomic E-state index is 13.4. The predicted molar refractivity (Wildman–Crippen MR) is 143 cm³/mol. The number of carbonyl (C=O) groups is 4. The van der Waals surface area contributed by atoms with Gasteiger partial charge >= 0.3 is 11.9 Å². The predicted octanol–water partition coefficient (Wildman–Crippen LogP) is 5.80. The number of para-hydroxylation sites is 1. The first-order chi connectivity index (χ1) is 17.3. The van der Waals surface area contributed by atoms with Gasteiger partial charge < -0.3 is 14.7 Å². The standard InChI is InChI=1S/C23H17Cl5N2O6S/c1-23(2)19(22(34)35)30-20(33)17(21(30)37-23)29(9-6-4-3-5-7-9)10(31)8-11(32)36-18-15(27)13(25)12(24)14(26)16(18)28/h3-7,17,19,21H,8H2,1-2H3,(H,34,35)/t17?,19?,21-/m1/s1. The van der Waals surface area contributed by atoms with Crippen LogP contribution in [-0.4, -0.2) is 56.0 Å². The summed E-state index contributed by atoms with van der Waals surface area (Å²) < 4.78 is 4.42. The normalized spacial score (nSPS) is 21.8. The molecule has 2 amide bonds. The number of aliphatic carboxylic acids is 1. The molecule has 0 saturated carbocycles. The van der Waals surface area contributed by atoms with Crippen LogP contribution in [0.15, 0.2) is 30.3 Å². The van der Waals surface area contributed by atoms with Crippen molar-refractivity contribution < 1.29 is 29.0 Å². The summed E-state index contributed by atoms with van der Waals surface area (Å²) in [6.07, 6.45) is -0.799. The highest BCUT2D eigenvalue weighted by Crippen LogP contribution is 2.53. The van der Waals surface area contributed by atoms with E-state index in [2.05, 4.69) is 0 Å². The number of ether oxygens (including phenoxy) is 1. The minimum absolute atomic E-state index is 0.130. The molecule has 2 aliphatic rings. The smallest absolute Gasteiger partial charge is 0.327 e. The number of carbonyl (C=O) groups excluding carboxylic acids is 3. The summed E-state index contributed by atoms with van der Waals surface area (Å²) in [6.45, 7) is 3.45. The number of carboxylic acids is 1. The number of halogens is 5. The number of hydrogen-bond acceptors (Lipinski definition) is 6. The molecule has 0 bridgehead atoms. The molecule has 2 fully saturated rings. The third-order valence-corrected chi connectivity index (χ3v) is 9.71. The van der Waals surface area contributed by atoms with Crippen LogP contribution in [-0.2, 0) is 19.2 Å². The number of fused-ring (bicyclic) bond motifs is 1. The highest BCUT2D eigenvalue weighted by atomic mass is 35.5. The lowest BCUT2D eigenvalue weighted by atomic mass is 9.94. The molecular weight excluding hydrogens is 610 g/mol. The van der Waals surface area contributed by atoms with Crippen LogP contribution in [0.25, 0.3) is 0 Å². The van der Waals surface area contributed by atoms with Gasteiger partial charge in [0.25, 0.3) is 5.91 Å². The monoisotopic (exact) mass is 624 g/mol. The molecule has 196 valence electrons. The van der Waals surface area contributed by atoms with Gasteiger partial charge in [0.1, 0.15) is 33.9 Å². The van der Waals surface area contributed by atoms with Crippen molar-refractivity contribution in [2.75, 3.05) is 4.90 Å². The van der Waals surface area contributed by atoms with Gasteiger partial charge in [-0.25, -0.2) is 4.79 Å². The van der Waals surface area contributed by atoms with Crippen LogP contribution in [0, 0.1) is 0 Å². The molecule has 2 aromatic carbocycles. The Labute approximate surface area is 240 Å². The minimum atomic E-state index is -1.14. The van der Waals surface area contributed by atoms with Gasteiger partial charge in [-0.15, -0.1) is 11.8 Å². The molecule has 1 N–H and O–H groups in total. The van der Waals surface area contributed by atoms with Crippen molar-refractivity contribution in [2.45, 2.75) is 42.5 Å². The average molecular weight is 627 g/mol. The van der Waals surface area contributed by atoms with Crippen LogP contribution in [0.1, 0.15) is 20.3 Å². The number of rotatable bonds is 6. The van der Waals surface area contributed by atoms with E-state index in [0.29, 0.717) is 5.69 Å². The topological polar surface area (TPSA) is 104 Å². The second-order valence-electron chi connectivity index (χ2n) is 8.69. The van der Waals surface area contributed by atoms with Crippen molar-refractivity contribution in [1.29, 1.82) is 0 Å². The zero-order valence-electron chi connectivity index (χ0n) is 19.0. The third-order valence-electron chi connectivity index (χ3n) is 5.91. The summed E-state index contributed by atoms with van der Waals surface area (Å²) in [5.41, 5.74) is 0.351. The molecule has 2 saturated heterocycles. The van der Waals surface area contributed by atoms with Crippen LogP contribution in [0.4, 0.5) is 5.69 Å². The Morgan fingerprint density at radius 2 is 1.54 bits per heavy atom. The van der Waals surface area contributed by atoms with Gasteiger partial charge in [-0.2, -0.15) is 0 Å². The maximum absolute atomic E-state index is 13.4. The summed E-state index contributed by atoms with van der Waals surface area (Å²) in [6, 6.07) is 6.17. The first-order valence-electron chi connectivity index (χ1n) is 10.6. The van der Waals surface area contributed by atoms with Gasteiger partial charge in [0.2, 0.25) is 5.91 Å². The fourth-order valence-electron chi connectivity index (χ4n) is 4.31. The van der Waals surface area contributed by atoms with Crippen LogP contribution < -0.4 is 9.64 Å². The molecule has 0 radical (unpaired) electrons. The zero-order chi connectivity index (χ0) is 27.4. The molecule has 2 heterocycles. The second kappa shape index (κ2) is 10.4. The lowest BCUT2D eigenvalue weighted by molar-refractivity contribution is -0.159. The van der Waals surface area contributed by atoms with E-state index in [1.165, 1.54) is 21.6 Å². The molecule has 3 atom stereocenters. The molecule has 0 aromatic heterocycles. The number of amides is 2. The Balaban J connectivity index is 1.61. The highest BCUT2D eigenvalue weighted by Gasteiger charge is 2.66. The Bertz CT molecular complexity index is 1300. The fraction of sp³-hybridized carbons (Fsp3) is 0.304. The van der Waals surface area contributed by atoms with Crippen molar-refractivity contribution >= 4 is 99.2 Å². The van der Waals surface area contributed by atoms with Crippen molar-refractivity contribution in [3.63, 3.8) is 0 Å². The van der Waals surface area contributed by atoms with E-state index in [0.717, 1.165) is 0 Å². The molecule has 0 aliphatic carbocycles. The zero-order valence-corrected chi connectivity index (χ0v) is 23.6. The molecule has 14 heteroatoms. The van der Waals surface area contributed by atoms with Gasteiger partial charge in [0.05, 0.1) is 15.1 Å². The number of anilines is 1. The van der Waals surface area contributed by atoms with Crippen molar-refractivity contribution in [1.82, 2.24) is 4.90 Å². The van der Waals surface area contributed by atoms with Gasteiger partial charge in [0, 0.05) is 10.4 Å². The second-order valence-corrected chi connectivity index (χ2v) is 12.4. The third kappa shape index (κ3) is 4.86. The first-order valence-corrected chi connectivity index (χ1v) is 13.4. The number of carboxylic acid groups (broad SMARTS) is 1. The molecule has 2 aromatic rings. The average Bonchev–Trinajstić information content (AvgIpc) is 3.10. The summed E-state index contributed by atoms with van der Waals surface area (Å²) in [4.78, 5) is 53.7. The van der Waals surface area contributed by atoms with Crippen molar-refractivity contribution in [2.24, 2.45) is 0 Å². The van der Waals surface area contributed by atoms with Gasteiger partial charge in [-0.3, -0.25) is 19.3 Å². The Hall–Kier alpha value is -1.88. The number of benzene rings is 2. The molecular formula is C23H17Cl5N2O6S. The lowest BCUT2D eigenvalue weighted by Gasteiger charge is -2.48.